The molecular weight excluding hydrogens is 321 g/mol. The predicted molar refractivity (Wildman–Crippen MR) is 93.1 cm³/mol. The topological polar surface area (TPSA) is 51.4 Å². The minimum Gasteiger partial charge on any atom is -0.491 e. The Hall–Kier alpha value is -1.95. The zero-order chi connectivity index (χ0) is 17.8. The van der Waals surface area contributed by atoms with Crippen LogP contribution >= 0.6 is 0 Å². The van der Waals surface area contributed by atoms with E-state index < -0.39 is 0 Å². The molecular formula is C19H26FN3O2. The van der Waals surface area contributed by atoms with E-state index in [1.54, 1.807) is 12.1 Å². The van der Waals surface area contributed by atoms with Gasteiger partial charge in [-0.1, -0.05) is 13.0 Å². The second kappa shape index (κ2) is 7.95. The van der Waals surface area contributed by atoms with Crippen molar-refractivity contribution in [1.29, 1.82) is 0 Å². The van der Waals surface area contributed by atoms with E-state index in [0.717, 1.165) is 37.3 Å². The zero-order valence-corrected chi connectivity index (χ0v) is 15.2. The molecule has 2 heterocycles. The van der Waals surface area contributed by atoms with Gasteiger partial charge < -0.3 is 9.15 Å². The largest absolute Gasteiger partial charge is 0.491 e. The summed E-state index contributed by atoms with van der Waals surface area (Å²) in [5.74, 6) is 1.66. The molecule has 1 aromatic heterocycles. The molecule has 5 nitrogen and oxygen atoms in total. The Balaban J connectivity index is 1.70. The van der Waals surface area contributed by atoms with Crippen LogP contribution in [0.2, 0.25) is 0 Å². The molecule has 0 N–H and O–H groups in total. The maximum absolute atomic E-state index is 14.1. The summed E-state index contributed by atoms with van der Waals surface area (Å²) in [7, 11) is 0. The minimum atomic E-state index is -0.301. The standard InChI is InChI=1S/C19H26FN3O2/c1-4-18-21-22-19(25-18)15-7-6-10-23(13(15)3)12-14-8-9-17(24-5-2)16(20)11-14/h8-9,11,13,15H,4-7,10,12H2,1-3H3/t13-,15-/m0/s1. The van der Waals surface area contributed by atoms with Gasteiger partial charge in [0.2, 0.25) is 11.8 Å². The average Bonchev–Trinajstić information content (AvgIpc) is 3.08. The van der Waals surface area contributed by atoms with E-state index in [1.165, 1.54) is 0 Å². The molecule has 2 atom stereocenters. The van der Waals surface area contributed by atoms with E-state index >= 15 is 0 Å². The van der Waals surface area contributed by atoms with Crippen molar-refractivity contribution in [3.05, 3.63) is 41.4 Å². The number of piperidine rings is 1. The van der Waals surface area contributed by atoms with Gasteiger partial charge in [-0.2, -0.15) is 0 Å². The molecule has 25 heavy (non-hydrogen) atoms. The van der Waals surface area contributed by atoms with Gasteiger partial charge in [0.05, 0.1) is 12.5 Å². The fourth-order valence-corrected chi connectivity index (χ4v) is 3.48. The van der Waals surface area contributed by atoms with Crippen molar-refractivity contribution in [3.8, 4) is 5.75 Å². The second-order valence-corrected chi connectivity index (χ2v) is 6.55. The molecule has 136 valence electrons. The Morgan fingerprint density at radius 1 is 1.32 bits per heavy atom. The summed E-state index contributed by atoms with van der Waals surface area (Å²) < 4.78 is 25.1. The Bertz CT molecular complexity index is 704. The highest BCUT2D eigenvalue weighted by Gasteiger charge is 2.32. The lowest BCUT2D eigenvalue weighted by Gasteiger charge is -2.38. The number of nitrogens with zero attached hydrogens (tertiary/aromatic N) is 3. The molecule has 0 amide bonds. The molecule has 1 aliphatic heterocycles. The van der Waals surface area contributed by atoms with Crippen molar-refractivity contribution in [3.63, 3.8) is 0 Å². The van der Waals surface area contributed by atoms with Crippen molar-refractivity contribution < 1.29 is 13.5 Å². The van der Waals surface area contributed by atoms with Crippen molar-refractivity contribution >= 4 is 0 Å². The fourth-order valence-electron chi connectivity index (χ4n) is 3.48. The first-order chi connectivity index (χ1) is 12.1. The third kappa shape index (κ3) is 4.00. The number of ether oxygens (including phenoxy) is 1. The van der Waals surface area contributed by atoms with Crippen LogP contribution in [-0.2, 0) is 13.0 Å². The molecule has 0 saturated carbocycles. The summed E-state index contributed by atoms with van der Waals surface area (Å²) in [5.41, 5.74) is 0.952. The van der Waals surface area contributed by atoms with E-state index in [-0.39, 0.29) is 17.8 Å². The highest BCUT2D eigenvalue weighted by Crippen LogP contribution is 2.33. The molecule has 1 aromatic carbocycles. The summed E-state index contributed by atoms with van der Waals surface area (Å²) in [6, 6.07) is 5.50. The third-order valence-corrected chi connectivity index (χ3v) is 4.90. The number of halogens is 1. The minimum absolute atomic E-state index is 0.231. The second-order valence-electron chi connectivity index (χ2n) is 6.55. The molecule has 0 radical (unpaired) electrons. The van der Waals surface area contributed by atoms with Crippen LogP contribution in [-0.4, -0.2) is 34.3 Å². The summed E-state index contributed by atoms with van der Waals surface area (Å²) in [6.07, 6.45) is 2.86. The third-order valence-electron chi connectivity index (χ3n) is 4.90. The molecule has 0 unspecified atom stereocenters. The summed E-state index contributed by atoms with van der Waals surface area (Å²) >= 11 is 0. The fraction of sp³-hybridized carbons (Fsp3) is 0.579. The van der Waals surface area contributed by atoms with Crippen LogP contribution in [0, 0.1) is 5.82 Å². The summed E-state index contributed by atoms with van der Waals surface area (Å²) in [4.78, 5) is 2.36. The van der Waals surface area contributed by atoms with Crippen molar-refractivity contribution in [2.24, 2.45) is 0 Å². The van der Waals surface area contributed by atoms with Crippen molar-refractivity contribution in [1.82, 2.24) is 15.1 Å². The smallest absolute Gasteiger partial charge is 0.221 e. The molecule has 6 heteroatoms. The number of benzene rings is 1. The lowest BCUT2D eigenvalue weighted by atomic mass is 9.89. The van der Waals surface area contributed by atoms with Crippen LogP contribution < -0.4 is 4.74 Å². The van der Waals surface area contributed by atoms with Crippen molar-refractivity contribution in [2.45, 2.75) is 58.5 Å². The highest BCUT2D eigenvalue weighted by atomic mass is 19.1. The van der Waals surface area contributed by atoms with Crippen LogP contribution in [0.15, 0.2) is 22.6 Å². The molecule has 1 aliphatic rings. The van der Waals surface area contributed by atoms with Gasteiger partial charge in [0, 0.05) is 19.0 Å². The van der Waals surface area contributed by atoms with Crippen molar-refractivity contribution in [2.75, 3.05) is 13.2 Å². The van der Waals surface area contributed by atoms with E-state index in [4.69, 9.17) is 9.15 Å². The van der Waals surface area contributed by atoms with Crippen LogP contribution in [0.3, 0.4) is 0 Å². The quantitative estimate of drug-likeness (QED) is 0.792. The van der Waals surface area contributed by atoms with Crippen LogP contribution in [0.5, 0.6) is 5.75 Å². The summed E-state index contributed by atoms with van der Waals surface area (Å²) in [5, 5.41) is 8.32. The highest BCUT2D eigenvalue weighted by molar-refractivity contribution is 5.29. The van der Waals surface area contributed by atoms with E-state index in [0.29, 0.717) is 24.8 Å². The lowest BCUT2D eigenvalue weighted by molar-refractivity contribution is 0.118. The van der Waals surface area contributed by atoms with Gasteiger partial charge in [-0.25, -0.2) is 4.39 Å². The normalized spacial score (nSPS) is 21.4. The van der Waals surface area contributed by atoms with Gasteiger partial charge in [-0.15, -0.1) is 10.2 Å². The number of aryl methyl sites for hydroxylation is 1. The molecule has 1 saturated heterocycles. The van der Waals surface area contributed by atoms with E-state index in [1.807, 2.05) is 19.9 Å². The molecule has 0 spiro atoms. The Morgan fingerprint density at radius 3 is 2.84 bits per heavy atom. The molecule has 3 rings (SSSR count). The maximum atomic E-state index is 14.1. The van der Waals surface area contributed by atoms with E-state index in [2.05, 4.69) is 22.0 Å². The van der Waals surface area contributed by atoms with Crippen LogP contribution in [0.25, 0.3) is 0 Å². The lowest BCUT2D eigenvalue weighted by Crippen LogP contribution is -2.41. The maximum Gasteiger partial charge on any atom is 0.221 e. The molecule has 2 aromatic rings. The van der Waals surface area contributed by atoms with Crippen LogP contribution in [0.4, 0.5) is 4.39 Å². The number of hydrogen-bond donors (Lipinski definition) is 0. The molecule has 0 bridgehead atoms. The van der Waals surface area contributed by atoms with E-state index in [9.17, 15) is 4.39 Å². The van der Waals surface area contributed by atoms with Gasteiger partial charge >= 0.3 is 0 Å². The number of rotatable bonds is 6. The Labute approximate surface area is 148 Å². The Kier molecular flexibility index (Phi) is 5.68. The Morgan fingerprint density at radius 2 is 2.16 bits per heavy atom. The molecule has 0 aliphatic carbocycles. The monoisotopic (exact) mass is 347 g/mol. The van der Waals surface area contributed by atoms with Crippen LogP contribution in [0.1, 0.15) is 56.9 Å². The first-order valence-electron chi connectivity index (χ1n) is 9.09. The number of hydrogen-bond acceptors (Lipinski definition) is 5. The van der Waals surface area contributed by atoms with Gasteiger partial charge in [-0.3, -0.25) is 4.90 Å². The SMILES string of the molecule is CCOc1ccc(CN2CCC[C@H](c3nnc(CC)o3)[C@@H]2C)cc1F. The summed E-state index contributed by atoms with van der Waals surface area (Å²) in [6.45, 7) is 8.20. The van der Waals surface area contributed by atoms with Gasteiger partial charge in [-0.05, 0) is 50.9 Å². The molecule has 1 fully saturated rings. The zero-order valence-electron chi connectivity index (χ0n) is 15.2. The number of aromatic nitrogens is 2. The average molecular weight is 347 g/mol. The first kappa shape index (κ1) is 17.9. The number of likely N-dealkylation sites (tertiary alicyclic amines) is 1. The van der Waals surface area contributed by atoms with Gasteiger partial charge in [0.25, 0.3) is 0 Å². The van der Waals surface area contributed by atoms with Gasteiger partial charge in [0.15, 0.2) is 11.6 Å². The predicted octanol–water partition coefficient (Wildman–Crippen LogP) is 3.94. The first-order valence-corrected chi connectivity index (χ1v) is 9.09. The van der Waals surface area contributed by atoms with Gasteiger partial charge in [0.1, 0.15) is 0 Å².